The van der Waals surface area contributed by atoms with E-state index in [4.69, 9.17) is 9.84 Å². The molecule has 0 saturated heterocycles. The molecule has 0 fully saturated rings. The number of carbonyl (C=O) groups is 4. The number of ether oxygens (including phenoxy) is 1. The summed E-state index contributed by atoms with van der Waals surface area (Å²) in [4.78, 5) is 45.6. The quantitative estimate of drug-likeness (QED) is 0.292. The molecule has 3 N–H and O–H groups in total. The molecule has 8 heteroatoms. The molecule has 136 valence electrons. The molecule has 0 saturated carbocycles. The van der Waals surface area contributed by atoms with E-state index in [0.717, 1.165) is 0 Å². The molecule has 0 radical (unpaired) electrons. The summed E-state index contributed by atoms with van der Waals surface area (Å²) >= 11 is 0. The van der Waals surface area contributed by atoms with Crippen molar-refractivity contribution in [2.24, 2.45) is 11.3 Å². The van der Waals surface area contributed by atoms with Crippen molar-refractivity contribution >= 4 is 23.8 Å². The van der Waals surface area contributed by atoms with Gasteiger partial charge in [-0.15, -0.1) is 0 Å². The van der Waals surface area contributed by atoms with E-state index in [1.165, 1.54) is 13.8 Å². The van der Waals surface area contributed by atoms with Crippen LogP contribution in [0.1, 0.15) is 40.0 Å². The Kier molecular flexibility index (Phi) is 8.73. The van der Waals surface area contributed by atoms with E-state index in [9.17, 15) is 24.3 Å². The van der Waals surface area contributed by atoms with Crippen molar-refractivity contribution in [3.05, 3.63) is 12.2 Å². The number of amides is 1. The van der Waals surface area contributed by atoms with Gasteiger partial charge in [0.1, 0.15) is 6.61 Å². The molecule has 0 aliphatic rings. The molecule has 0 rings (SSSR count). The Morgan fingerprint density at radius 1 is 1.25 bits per heavy atom. The van der Waals surface area contributed by atoms with Crippen molar-refractivity contribution in [1.82, 2.24) is 5.32 Å². The van der Waals surface area contributed by atoms with Gasteiger partial charge in [0.25, 0.3) is 0 Å². The molecule has 0 heterocycles. The first-order chi connectivity index (χ1) is 11.0. The number of hydrogen-bond acceptors (Lipinski definition) is 5. The molecule has 0 aromatic carbocycles. The van der Waals surface area contributed by atoms with Gasteiger partial charge < -0.3 is 20.3 Å². The van der Waals surface area contributed by atoms with Gasteiger partial charge >= 0.3 is 17.9 Å². The Bertz CT molecular complexity index is 515. The average molecular weight is 343 g/mol. The van der Waals surface area contributed by atoms with Gasteiger partial charge in [0.2, 0.25) is 5.91 Å². The van der Waals surface area contributed by atoms with Crippen molar-refractivity contribution in [3.63, 3.8) is 0 Å². The second-order valence-corrected chi connectivity index (χ2v) is 5.96. The molecule has 0 aromatic rings. The van der Waals surface area contributed by atoms with Crippen LogP contribution in [0.5, 0.6) is 0 Å². The maximum atomic E-state index is 11.9. The van der Waals surface area contributed by atoms with E-state index in [-0.39, 0.29) is 38.0 Å². The highest BCUT2D eigenvalue weighted by atomic mass is 16.5. The number of carbonyl (C=O) groups excluding carboxylic acids is 2. The Balaban J connectivity index is 4.58. The molecule has 0 aliphatic carbocycles. The van der Waals surface area contributed by atoms with Gasteiger partial charge in [0.05, 0.1) is 17.9 Å². The van der Waals surface area contributed by atoms with Gasteiger partial charge in [-0.1, -0.05) is 13.5 Å². The molecule has 0 aliphatic heterocycles. The summed E-state index contributed by atoms with van der Waals surface area (Å²) < 4.78 is 4.80. The van der Waals surface area contributed by atoms with Crippen LogP contribution < -0.4 is 5.32 Å². The van der Waals surface area contributed by atoms with Gasteiger partial charge in [0, 0.05) is 12.0 Å². The van der Waals surface area contributed by atoms with Crippen molar-refractivity contribution in [1.29, 1.82) is 0 Å². The van der Waals surface area contributed by atoms with Crippen molar-refractivity contribution in [2.45, 2.75) is 40.0 Å². The van der Waals surface area contributed by atoms with Crippen molar-refractivity contribution in [2.75, 3.05) is 13.2 Å². The average Bonchev–Trinajstić information content (AvgIpc) is 2.48. The van der Waals surface area contributed by atoms with E-state index in [1.807, 2.05) is 0 Å². The Morgan fingerprint density at radius 3 is 2.25 bits per heavy atom. The number of aliphatic carboxylic acids is 2. The summed E-state index contributed by atoms with van der Waals surface area (Å²) in [5.74, 6) is -4.28. The maximum absolute atomic E-state index is 11.9. The van der Waals surface area contributed by atoms with Gasteiger partial charge in [-0.3, -0.25) is 14.4 Å². The molecule has 24 heavy (non-hydrogen) atoms. The zero-order valence-corrected chi connectivity index (χ0v) is 14.3. The van der Waals surface area contributed by atoms with Gasteiger partial charge in [0.15, 0.2) is 0 Å². The Morgan fingerprint density at radius 2 is 1.83 bits per heavy atom. The predicted molar refractivity (Wildman–Crippen MR) is 85.2 cm³/mol. The minimum absolute atomic E-state index is 0.0314. The highest BCUT2D eigenvalue weighted by molar-refractivity contribution is 5.87. The lowest BCUT2D eigenvalue weighted by Crippen LogP contribution is -2.39. The van der Waals surface area contributed by atoms with E-state index in [0.29, 0.717) is 0 Å². The fraction of sp³-hybridized carbons (Fsp3) is 0.625. The van der Waals surface area contributed by atoms with Crippen LogP contribution in [0.2, 0.25) is 0 Å². The lowest BCUT2D eigenvalue weighted by atomic mass is 9.77. The third kappa shape index (κ3) is 7.26. The Hall–Kier alpha value is -2.38. The van der Waals surface area contributed by atoms with E-state index in [1.54, 1.807) is 6.92 Å². The summed E-state index contributed by atoms with van der Waals surface area (Å²) in [5.41, 5.74) is -1.25. The molecule has 2 unspecified atom stereocenters. The molecule has 0 aromatic heterocycles. The second-order valence-electron chi connectivity index (χ2n) is 5.96. The standard InChI is InChI=1S/C16H25NO7/c1-5-11(13(19)20)8-16(4,15(22)23)9-12(18)17-6-7-24-14(21)10(2)3/h11H,2,5-9H2,1,3-4H3,(H,17,18)(H,19,20)(H,22,23). The number of rotatable bonds is 11. The molecule has 8 nitrogen and oxygen atoms in total. The third-order valence-corrected chi connectivity index (χ3v) is 3.61. The summed E-state index contributed by atoms with van der Waals surface area (Å²) in [6.07, 6.45) is -0.233. The van der Waals surface area contributed by atoms with Crippen molar-refractivity contribution in [3.8, 4) is 0 Å². The monoisotopic (exact) mass is 343 g/mol. The van der Waals surface area contributed by atoms with Crippen LogP contribution in [0.3, 0.4) is 0 Å². The molecule has 2 atom stereocenters. The second kappa shape index (κ2) is 9.69. The number of carboxylic acid groups (broad SMARTS) is 2. The van der Waals surface area contributed by atoms with Crippen LogP contribution in [0.4, 0.5) is 0 Å². The summed E-state index contributed by atoms with van der Waals surface area (Å²) in [5, 5.41) is 20.9. The van der Waals surface area contributed by atoms with Crippen LogP contribution in [0, 0.1) is 11.3 Å². The smallest absolute Gasteiger partial charge is 0.333 e. The number of nitrogens with one attached hydrogen (secondary N) is 1. The summed E-state index contributed by atoms with van der Waals surface area (Å²) in [6, 6.07) is 0. The topological polar surface area (TPSA) is 130 Å². The lowest BCUT2D eigenvalue weighted by molar-refractivity contribution is -0.154. The highest BCUT2D eigenvalue weighted by Crippen LogP contribution is 2.32. The molecular weight excluding hydrogens is 318 g/mol. The van der Waals surface area contributed by atoms with E-state index in [2.05, 4.69) is 11.9 Å². The fourth-order valence-corrected chi connectivity index (χ4v) is 2.06. The predicted octanol–water partition coefficient (Wildman–Crippen LogP) is 1.20. The molecular formula is C16H25NO7. The van der Waals surface area contributed by atoms with Gasteiger partial charge in [-0.25, -0.2) is 4.79 Å². The number of hydrogen-bond donors (Lipinski definition) is 3. The zero-order chi connectivity index (χ0) is 18.9. The Labute approximate surface area is 140 Å². The van der Waals surface area contributed by atoms with Crippen LogP contribution in [-0.4, -0.2) is 47.2 Å². The van der Waals surface area contributed by atoms with E-state index >= 15 is 0 Å². The minimum atomic E-state index is -1.49. The van der Waals surface area contributed by atoms with Crippen LogP contribution in [0.15, 0.2) is 12.2 Å². The maximum Gasteiger partial charge on any atom is 0.333 e. The zero-order valence-electron chi connectivity index (χ0n) is 14.3. The molecule has 1 amide bonds. The first-order valence-electron chi connectivity index (χ1n) is 7.59. The van der Waals surface area contributed by atoms with Crippen molar-refractivity contribution < 1.29 is 34.1 Å². The van der Waals surface area contributed by atoms with Crippen LogP contribution >= 0.6 is 0 Å². The molecule has 0 bridgehead atoms. The van der Waals surface area contributed by atoms with Gasteiger partial charge in [-0.05, 0) is 26.7 Å². The highest BCUT2D eigenvalue weighted by Gasteiger charge is 2.39. The first-order valence-corrected chi connectivity index (χ1v) is 7.59. The fourth-order valence-electron chi connectivity index (χ4n) is 2.06. The molecule has 0 spiro atoms. The SMILES string of the molecule is C=C(C)C(=O)OCCNC(=O)CC(C)(CC(CC)C(=O)O)C(=O)O. The largest absolute Gasteiger partial charge is 0.481 e. The normalized spacial score (nSPS) is 14.1. The van der Waals surface area contributed by atoms with Crippen LogP contribution in [-0.2, 0) is 23.9 Å². The summed E-state index contributed by atoms with van der Waals surface area (Å²) in [6.45, 7) is 7.87. The number of carboxylic acids is 2. The van der Waals surface area contributed by atoms with Gasteiger partial charge in [-0.2, -0.15) is 0 Å². The third-order valence-electron chi connectivity index (χ3n) is 3.61. The first kappa shape index (κ1) is 21.6. The van der Waals surface area contributed by atoms with Crippen LogP contribution in [0.25, 0.3) is 0 Å². The minimum Gasteiger partial charge on any atom is -0.481 e. The van der Waals surface area contributed by atoms with E-state index < -0.39 is 35.1 Å². The number of esters is 1. The lowest BCUT2D eigenvalue weighted by Gasteiger charge is -2.27. The summed E-state index contributed by atoms with van der Waals surface area (Å²) in [7, 11) is 0.